The van der Waals surface area contributed by atoms with Crippen molar-refractivity contribution in [2.75, 3.05) is 20.3 Å². The van der Waals surface area contributed by atoms with Gasteiger partial charge in [0.2, 0.25) is 0 Å². The summed E-state index contributed by atoms with van der Waals surface area (Å²) in [5, 5.41) is 0.347. The van der Waals surface area contributed by atoms with Crippen LogP contribution < -0.4 is 4.80 Å². The molecular weight excluding hydrogens is 422 g/mol. The molecule has 2 heterocycles. The van der Waals surface area contributed by atoms with Crippen molar-refractivity contribution in [1.29, 1.82) is 0 Å². The highest BCUT2D eigenvalue weighted by Gasteiger charge is 2.15. The highest BCUT2D eigenvalue weighted by molar-refractivity contribution is 7.20. The highest BCUT2D eigenvalue weighted by Crippen LogP contribution is 2.23. The van der Waals surface area contributed by atoms with Crippen molar-refractivity contribution in [3.63, 3.8) is 0 Å². The third-order valence-corrected chi connectivity index (χ3v) is 6.51. The van der Waals surface area contributed by atoms with E-state index in [9.17, 15) is 9.59 Å². The number of ether oxygens (including phenoxy) is 2. The first-order chi connectivity index (χ1) is 14.6. The summed E-state index contributed by atoms with van der Waals surface area (Å²) in [6.45, 7) is 3.56. The summed E-state index contributed by atoms with van der Waals surface area (Å²) in [5.74, 6) is -0.795. The van der Waals surface area contributed by atoms with Gasteiger partial charge >= 0.3 is 11.9 Å². The van der Waals surface area contributed by atoms with Gasteiger partial charge in [-0.2, -0.15) is 4.99 Å². The van der Waals surface area contributed by atoms with E-state index in [1.807, 2.05) is 41.8 Å². The van der Waals surface area contributed by atoms with Crippen LogP contribution in [0.1, 0.15) is 27.1 Å². The van der Waals surface area contributed by atoms with Crippen molar-refractivity contribution in [2.24, 2.45) is 4.99 Å². The van der Waals surface area contributed by atoms with Gasteiger partial charge in [0.1, 0.15) is 0 Å². The predicted molar refractivity (Wildman–Crippen MR) is 117 cm³/mol. The monoisotopic (exact) mass is 441 g/mol. The van der Waals surface area contributed by atoms with Crippen molar-refractivity contribution in [2.45, 2.75) is 13.5 Å². The van der Waals surface area contributed by atoms with Gasteiger partial charge in [-0.25, -0.2) is 9.78 Å². The number of thiazole rings is 2. The molecule has 7 nitrogen and oxygen atoms in total. The minimum absolute atomic E-state index is 0.347. The zero-order chi connectivity index (χ0) is 21.1. The number of fused-ring (bicyclic) bond motifs is 2. The van der Waals surface area contributed by atoms with E-state index in [0.717, 1.165) is 20.4 Å². The van der Waals surface area contributed by atoms with Gasteiger partial charge in [-0.05, 0) is 37.3 Å². The Balaban J connectivity index is 1.79. The van der Waals surface area contributed by atoms with E-state index in [-0.39, 0.29) is 5.91 Å². The lowest BCUT2D eigenvalue weighted by Crippen LogP contribution is -2.19. The van der Waals surface area contributed by atoms with Gasteiger partial charge in [0, 0.05) is 13.2 Å². The van der Waals surface area contributed by atoms with Crippen molar-refractivity contribution in [3.8, 4) is 0 Å². The van der Waals surface area contributed by atoms with Crippen LogP contribution >= 0.6 is 22.7 Å². The van der Waals surface area contributed by atoms with E-state index in [0.29, 0.717) is 35.1 Å². The number of carbonyl (C=O) groups is 2. The molecule has 0 aliphatic rings. The summed E-state index contributed by atoms with van der Waals surface area (Å²) in [7, 11) is 1.35. The zero-order valence-corrected chi connectivity index (χ0v) is 18.1. The number of nitrogens with zero attached hydrogens (tertiary/aromatic N) is 3. The van der Waals surface area contributed by atoms with E-state index in [4.69, 9.17) is 9.47 Å². The Morgan fingerprint density at radius 1 is 1.13 bits per heavy atom. The molecule has 0 aliphatic carbocycles. The summed E-state index contributed by atoms with van der Waals surface area (Å²) >= 11 is 2.67. The SMILES string of the molecule is CCOCCn1c(=NC(=O)c2nc3ccccc3s2)sc2cc(C(=O)OC)ccc21. The smallest absolute Gasteiger partial charge is 0.337 e. The number of carbonyl (C=O) groups excluding carboxylic acids is 2. The number of benzene rings is 2. The van der Waals surface area contributed by atoms with E-state index in [1.165, 1.54) is 29.8 Å². The Bertz CT molecular complexity index is 1270. The molecule has 9 heteroatoms. The van der Waals surface area contributed by atoms with E-state index < -0.39 is 5.97 Å². The second-order valence-corrected chi connectivity index (χ2v) is 8.35. The van der Waals surface area contributed by atoms with Gasteiger partial charge in [0.05, 0.1) is 39.7 Å². The third-order valence-electron chi connectivity index (χ3n) is 4.44. The molecule has 2 aromatic carbocycles. The molecule has 4 rings (SSSR count). The van der Waals surface area contributed by atoms with Crippen LogP contribution in [-0.4, -0.2) is 41.8 Å². The molecule has 0 spiro atoms. The second kappa shape index (κ2) is 8.86. The number of amides is 1. The Kier molecular flexibility index (Phi) is 6.03. The number of rotatable bonds is 6. The number of methoxy groups -OCH3 is 1. The summed E-state index contributed by atoms with van der Waals surface area (Å²) in [5.41, 5.74) is 2.11. The van der Waals surface area contributed by atoms with Crippen molar-refractivity contribution in [1.82, 2.24) is 9.55 Å². The summed E-state index contributed by atoms with van der Waals surface area (Å²) in [4.78, 5) is 34.0. The van der Waals surface area contributed by atoms with Crippen LogP contribution in [-0.2, 0) is 16.0 Å². The fourth-order valence-corrected chi connectivity index (χ4v) is 4.96. The topological polar surface area (TPSA) is 82.8 Å². The molecule has 1 amide bonds. The standard InChI is InChI=1S/C21H19N3O4S2/c1-3-28-11-10-24-15-9-8-13(20(26)27-2)12-17(15)30-21(24)23-18(25)19-22-14-6-4-5-7-16(14)29-19/h4-9,12H,3,10-11H2,1-2H3. The lowest BCUT2D eigenvalue weighted by Gasteiger charge is -2.06. The van der Waals surface area contributed by atoms with E-state index in [2.05, 4.69) is 9.98 Å². The molecule has 154 valence electrons. The van der Waals surface area contributed by atoms with Crippen LogP contribution in [0.4, 0.5) is 0 Å². The van der Waals surface area contributed by atoms with Crippen LogP contribution in [0, 0.1) is 0 Å². The minimum atomic E-state index is -0.407. The quantitative estimate of drug-likeness (QED) is 0.335. The third kappa shape index (κ3) is 4.04. The highest BCUT2D eigenvalue weighted by atomic mass is 32.1. The molecular formula is C21H19N3O4S2. The van der Waals surface area contributed by atoms with Gasteiger partial charge in [0.15, 0.2) is 9.81 Å². The number of hydrogen-bond acceptors (Lipinski definition) is 7. The van der Waals surface area contributed by atoms with Crippen molar-refractivity contribution in [3.05, 3.63) is 57.8 Å². The Morgan fingerprint density at radius 2 is 1.97 bits per heavy atom. The maximum atomic E-state index is 12.8. The molecule has 0 unspecified atom stereocenters. The number of hydrogen-bond donors (Lipinski definition) is 0. The second-order valence-electron chi connectivity index (χ2n) is 6.31. The number of para-hydroxylation sites is 1. The van der Waals surface area contributed by atoms with Gasteiger partial charge in [-0.15, -0.1) is 11.3 Å². The van der Waals surface area contributed by atoms with E-state index in [1.54, 1.807) is 12.1 Å². The molecule has 0 saturated heterocycles. The molecule has 0 fully saturated rings. The Morgan fingerprint density at radius 3 is 2.73 bits per heavy atom. The first-order valence-electron chi connectivity index (χ1n) is 9.34. The number of aromatic nitrogens is 2. The first-order valence-corrected chi connectivity index (χ1v) is 11.0. The molecule has 30 heavy (non-hydrogen) atoms. The maximum Gasteiger partial charge on any atom is 0.337 e. The van der Waals surface area contributed by atoms with Crippen LogP contribution in [0.3, 0.4) is 0 Å². The molecule has 0 aliphatic heterocycles. The molecule has 0 N–H and O–H groups in total. The summed E-state index contributed by atoms with van der Waals surface area (Å²) < 4.78 is 14.0. The fraction of sp³-hybridized carbons (Fsp3) is 0.238. The molecule has 2 aromatic heterocycles. The lowest BCUT2D eigenvalue weighted by molar-refractivity contribution is 0.0600. The Hall–Kier alpha value is -2.88. The Labute approximate surface area is 180 Å². The van der Waals surface area contributed by atoms with Gasteiger partial charge < -0.3 is 14.0 Å². The summed E-state index contributed by atoms with van der Waals surface area (Å²) in [6, 6.07) is 12.9. The molecule has 0 bridgehead atoms. The molecule has 4 aromatic rings. The van der Waals surface area contributed by atoms with Crippen LogP contribution in [0.15, 0.2) is 47.5 Å². The van der Waals surface area contributed by atoms with Crippen molar-refractivity contribution >= 4 is 55.0 Å². The molecule has 0 saturated carbocycles. The van der Waals surface area contributed by atoms with E-state index >= 15 is 0 Å². The molecule has 0 atom stereocenters. The van der Waals surface area contributed by atoms with Crippen molar-refractivity contribution < 1.29 is 19.1 Å². The lowest BCUT2D eigenvalue weighted by atomic mass is 10.2. The maximum absolute atomic E-state index is 12.8. The summed E-state index contributed by atoms with van der Waals surface area (Å²) in [6.07, 6.45) is 0. The van der Waals surface area contributed by atoms with Crippen LogP contribution in [0.25, 0.3) is 20.4 Å². The first kappa shape index (κ1) is 20.4. The molecule has 0 radical (unpaired) electrons. The fourth-order valence-electron chi connectivity index (χ4n) is 3.02. The van der Waals surface area contributed by atoms with Crippen LogP contribution in [0.2, 0.25) is 0 Å². The van der Waals surface area contributed by atoms with Gasteiger partial charge in [0.25, 0.3) is 0 Å². The van der Waals surface area contributed by atoms with Gasteiger partial charge in [-0.1, -0.05) is 23.5 Å². The average Bonchev–Trinajstić information content (AvgIpc) is 3.34. The normalized spacial score (nSPS) is 12.0. The van der Waals surface area contributed by atoms with Crippen LogP contribution in [0.5, 0.6) is 0 Å². The zero-order valence-electron chi connectivity index (χ0n) is 16.5. The predicted octanol–water partition coefficient (Wildman–Crippen LogP) is 3.88. The van der Waals surface area contributed by atoms with Gasteiger partial charge in [-0.3, -0.25) is 4.79 Å². The average molecular weight is 442 g/mol. The number of esters is 1. The minimum Gasteiger partial charge on any atom is -0.465 e. The largest absolute Gasteiger partial charge is 0.465 e.